The minimum absolute atomic E-state index is 0.0336. The first-order valence-corrected chi connectivity index (χ1v) is 14.3. The van der Waals surface area contributed by atoms with Crippen LogP contribution < -0.4 is 10.7 Å². The number of nitrogens with zero attached hydrogens (tertiary/aromatic N) is 2. The number of rotatable bonds is 9. The van der Waals surface area contributed by atoms with Crippen molar-refractivity contribution in [3.05, 3.63) is 104 Å². The Balaban J connectivity index is 1.39. The molecule has 1 aliphatic heterocycles. The number of pyridine rings is 1. The first-order chi connectivity index (χ1) is 18.4. The molecule has 5 rings (SSSR count). The summed E-state index contributed by atoms with van der Waals surface area (Å²) in [5, 5.41) is 15.2. The van der Waals surface area contributed by atoms with Crippen molar-refractivity contribution in [1.29, 1.82) is 0 Å². The molecule has 0 saturated carbocycles. The van der Waals surface area contributed by atoms with E-state index >= 15 is 0 Å². The molecule has 4 aromatic rings. The van der Waals surface area contributed by atoms with Gasteiger partial charge < -0.3 is 15.0 Å². The molecule has 2 atom stereocenters. The van der Waals surface area contributed by atoms with Gasteiger partial charge in [0.2, 0.25) is 5.43 Å². The van der Waals surface area contributed by atoms with Gasteiger partial charge in [0.05, 0.1) is 11.5 Å². The third-order valence-electron chi connectivity index (χ3n) is 7.15. The zero-order valence-corrected chi connectivity index (χ0v) is 23.0. The molecule has 3 heterocycles. The van der Waals surface area contributed by atoms with Gasteiger partial charge in [-0.25, -0.2) is 0 Å². The number of hydrogen-bond acceptors (Lipinski definition) is 5. The molecule has 0 radical (unpaired) electrons. The molecule has 38 heavy (non-hydrogen) atoms. The third kappa shape index (κ3) is 5.71. The van der Waals surface area contributed by atoms with Crippen LogP contribution in [-0.4, -0.2) is 33.1 Å². The highest BCUT2D eigenvalue weighted by Crippen LogP contribution is 2.33. The molecule has 1 amide bonds. The summed E-state index contributed by atoms with van der Waals surface area (Å²) >= 11 is 7.56. The van der Waals surface area contributed by atoms with E-state index in [2.05, 4.69) is 17.1 Å². The number of carbonyl (C=O) groups is 1. The van der Waals surface area contributed by atoms with E-state index in [1.165, 1.54) is 0 Å². The van der Waals surface area contributed by atoms with Crippen molar-refractivity contribution >= 4 is 39.1 Å². The van der Waals surface area contributed by atoms with E-state index in [0.717, 1.165) is 46.6 Å². The predicted molar refractivity (Wildman–Crippen MR) is 154 cm³/mol. The highest BCUT2D eigenvalue weighted by Gasteiger charge is 2.32. The molecular formula is C30H32ClN3O3S. The molecule has 0 bridgehead atoms. The molecule has 2 aromatic heterocycles. The normalized spacial score (nSPS) is 16.7. The fraction of sp³-hybridized carbons (Fsp3) is 0.333. The van der Waals surface area contributed by atoms with Crippen LogP contribution in [0.3, 0.4) is 0 Å². The maximum Gasteiger partial charge on any atom is 0.257 e. The minimum atomic E-state index is -0.552. The Morgan fingerprint density at radius 3 is 2.68 bits per heavy atom. The molecule has 1 saturated heterocycles. The highest BCUT2D eigenvalue weighted by atomic mass is 35.5. The number of thiophene rings is 1. The summed E-state index contributed by atoms with van der Waals surface area (Å²) < 4.78 is 2.03. The fourth-order valence-electron chi connectivity index (χ4n) is 5.23. The van der Waals surface area contributed by atoms with Crippen molar-refractivity contribution in [2.24, 2.45) is 0 Å². The highest BCUT2D eigenvalue weighted by molar-refractivity contribution is 7.18. The molecule has 0 aliphatic carbocycles. The Kier molecular flexibility index (Phi) is 8.29. The lowest BCUT2D eigenvalue weighted by atomic mass is 10.0. The smallest absolute Gasteiger partial charge is 0.257 e. The van der Waals surface area contributed by atoms with Crippen molar-refractivity contribution in [1.82, 2.24) is 14.8 Å². The third-order valence-corrected chi connectivity index (χ3v) is 8.56. The number of amides is 1. The SMILES string of the molecule is CCCn1cc(C(=O)NCc2ccc(Cl)cc2)c(=O)c2cc(CN3CCC[C@@H]3C(O)c3ccccc3)sc21. The number of benzene rings is 2. The van der Waals surface area contributed by atoms with Gasteiger partial charge >= 0.3 is 0 Å². The minimum Gasteiger partial charge on any atom is -0.387 e. The fourth-order valence-corrected chi connectivity index (χ4v) is 6.53. The Morgan fingerprint density at radius 2 is 1.95 bits per heavy atom. The average molecular weight is 550 g/mol. The number of aliphatic hydroxyl groups excluding tert-OH is 1. The molecule has 2 aromatic carbocycles. The number of nitrogens with one attached hydrogen (secondary N) is 1. The first-order valence-electron chi connectivity index (χ1n) is 13.1. The van der Waals surface area contributed by atoms with Gasteiger partial charge in [0.15, 0.2) is 0 Å². The van der Waals surface area contributed by atoms with E-state index in [1.807, 2.05) is 53.1 Å². The van der Waals surface area contributed by atoms with Crippen molar-refractivity contribution in [2.75, 3.05) is 6.54 Å². The summed E-state index contributed by atoms with van der Waals surface area (Å²) in [5.74, 6) is -0.380. The van der Waals surface area contributed by atoms with Crippen molar-refractivity contribution in [3.8, 4) is 0 Å². The number of hydrogen-bond donors (Lipinski definition) is 2. The van der Waals surface area contributed by atoms with Crippen LogP contribution in [0, 0.1) is 0 Å². The molecule has 1 fully saturated rings. The maximum atomic E-state index is 13.5. The van der Waals surface area contributed by atoms with Gasteiger partial charge in [0.25, 0.3) is 5.91 Å². The molecule has 2 N–H and O–H groups in total. The number of fused-ring (bicyclic) bond motifs is 1. The van der Waals surface area contributed by atoms with Gasteiger partial charge in [-0.1, -0.05) is 61.0 Å². The second-order valence-corrected chi connectivity index (χ2v) is 11.4. The van der Waals surface area contributed by atoms with Crippen LogP contribution in [0.15, 0.2) is 71.7 Å². The Hall–Kier alpha value is -2.97. The van der Waals surface area contributed by atoms with Gasteiger partial charge in [-0.05, 0) is 55.1 Å². The lowest BCUT2D eigenvalue weighted by Gasteiger charge is -2.28. The van der Waals surface area contributed by atoms with Crippen molar-refractivity contribution in [2.45, 2.75) is 58.0 Å². The van der Waals surface area contributed by atoms with Crippen LogP contribution in [0.2, 0.25) is 5.02 Å². The van der Waals surface area contributed by atoms with Crippen LogP contribution in [0.25, 0.3) is 10.2 Å². The summed E-state index contributed by atoms with van der Waals surface area (Å²) in [6, 6.07) is 19.0. The molecule has 198 valence electrons. The van der Waals surface area contributed by atoms with Gasteiger partial charge in [-0.15, -0.1) is 11.3 Å². The number of aromatic nitrogens is 1. The zero-order valence-electron chi connectivity index (χ0n) is 21.4. The second kappa shape index (κ2) is 11.8. The Labute approximate surface area is 231 Å². The van der Waals surface area contributed by atoms with Crippen molar-refractivity contribution in [3.63, 3.8) is 0 Å². The van der Waals surface area contributed by atoms with E-state index in [9.17, 15) is 14.7 Å². The number of likely N-dealkylation sites (tertiary alicyclic amines) is 1. The second-order valence-electron chi connectivity index (χ2n) is 9.84. The van der Waals surface area contributed by atoms with Crippen LogP contribution in [-0.2, 0) is 19.6 Å². The average Bonchev–Trinajstić information content (AvgIpc) is 3.58. The molecule has 8 heteroatoms. The van der Waals surface area contributed by atoms with E-state index < -0.39 is 6.10 Å². The van der Waals surface area contributed by atoms with Crippen LogP contribution in [0.5, 0.6) is 0 Å². The summed E-state index contributed by atoms with van der Waals surface area (Å²) in [5.41, 5.74) is 1.75. The quantitative estimate of drug-likeness (QED) is 0.278. The molecule has 1 unspecified atom stereocenters. The van der Waals surface area contributed by atoms with Gasteiger partial charge in [0, 0.05) is 41.8 Å². The Morgan fingerprint density at radius 1 is 1.18 bits per heavy atom. The molecule has 6 nitrogen and oxygen atoms in total. The van der Waals surface area contributed by atoms with Crippen LogP contribution >= 0.6 is 22.9 Å². The Bertz CT molecular complexity index is 1470. The summed E-state index contributed by atoms with van der Waals surface area (Å²) in [7, 11) is 0. The number of carbonyl (C=O) groups excluding carboxylic acids is 1. The summed E-state index contributed by atoms with van der Waals surface area (Å²) in [4.78, 5) is 30.8. The van der Waals surface area contributed by atoms with E-state index in [4.69, 9.17) is 11.6 Å². The topological polar surface area (TPSA) is 74.6 Å². The van der Waals surface area contributed by atoms with E-state index in [-0.39, 0.29) is 22.9 Å². The molecule has 0 spiro atoms. The van der Waals surface area contributed by atoms with E-state index in [1.54, 1.807) is 29.7 Å². The number of halogens is 1. The standard InChI is InChI=1S/C30H32ClN3O3S/c1-2-14-34-19-25(29(37)32-17-20-10-12-22(31)13-11-20)28(36)24-16-23(38-30(24)34)18-33-15-6-9-26(33)27(35)21-7-4-3-5-8-21/h3-5,7-8,10-13,16,19,26-27,35H,2,6,9,14-15,17-18H2,1H3,(H,32,37)/t26-,27?/m1/s1. The van der Waals surface area contributed by atoms with Crippen LogP contribution in [0.1, 0.15) is 58.7 Å². The van der Waals surface area contributed by atoms with Crippen molar-refractivity contribution < 1.29 is 9.90 Å². The predicted octanol–water partition coefficient (Wildman–Crippen LogP) is 5.75. The van der Waals surface area contributed by atoms with Gasteiger partial charge in [0.1, 0.15) is 10.4 Å². The largest absolute Gasteiger partial charge is 0.387 e. The van der Waals surface area contributed by atoms with Crippen LogP contribution in [0.4, 0.5) is 0 Å². The first kappa shape index (κ1) is 26.6. The summed E-state index contributed by atoms with van der Waals surface area (Å²) in [6.07, 6.45) is 3.99. The summed E-state index contributed by atoms with van der Waals surface area (Å²) in [6.45, 7) is 4.68. The van der Waals surface area contributed by atoms with E-state index in [0.29, 0.717) is 30.0 Å². The van der Waals surface area contributed by atoms with Gasteiger partial charge in [-0.2, -0.15) is 0 Å². The number of aliphatic hydroxyl groups is 1. The number of aryl methyl sites for hydroxylation is 1. The molecular weight excluding hydrogens is 518 g/mol. The lowest BCUT2D eigenvalue weighted by Crippen LogP contribution is -2.33. The zero-order chi connectivity index (χ0) is 26.6. The molecule has 1 aliphatic rings. The van der Waals surface area contributed by atoms with Gasteiger partial charge in [-0.3, -0.25) is 14.5 Å². The maximum absolute atomic E-state index is 13.5. The monoisotopic (exact) mass is 549 g/mol. The lowest BCUT2D eigenvalue weighted by molar-refractivity contribution is 0.0693.